The zero-order chi connectivity index (χ0) is 9.02. The van der Waals surface area contributed by atoms with Crippen molar-refractivity contribution >= 4 is 5.78 Å². The van der Waals surface area contributed by atoms with E-state index in [0.717, 1.165) is 0 Å². The average molecular weight is 154 g/mol. The van der Waals surface area contributed by atoms with E-state index in [0.29, 0.717) is 11.1 Å². The third-order valence-corrected chi connectivity index (χ3v) is 1.27. The van der Waals surface area contributed by atoms with Gasteiger partial charge in [-0.25, -0.2) is 4.39 Å². The van der Waals surface area contributed by atoms with Crippen LogP contribution in [0.25, 0.3) is 0 Å². The van der Waals surface area contributed by atoms with Gasteiger partial charge in [-0.05, 0) is 25.5 Å². The molecule has 0 unspecified atom stereocenters. The zero-order valence-electron chi connectivity index (χ0n) is 6.78. The zero-order valence-corrected chi connectivity index (χ0v) is 6.78. The molecule has 0 heterocycles. The Morgan fingerprint density at radius 3 is 2.09 bits per heavy atom. The van der Waals surface area contributed by atoms with Crippen molar-refractivity contribution in [3.05, 3.63) is 36.2 Å². The number of ketones is 1. The van der Waals surface area contributed by atoms with E-state index in [1.54, 1.807) is 6.92 Å². The van der Waals surface area contributed by atoms with Crippen molar-refractivity contribution in [1.82, 2.24) is 0 Å². The first-order valence-electron chi connectivity index (χ1n) is 3.18. The summed E-state index contributed by atoms with van der Waals surface area (Å²) >= 11 is 0. The number of rotatable bonds is 3. The number of Topliss-reactive ketones (excluding diaryl/α,β-unsaturated/α-hetero) is 1. The van der Waals surface area contributed by atoms with Gasteiger partial charge >= 0.3 is 0 Å². The number of allylic oxidation sites excluding steroid dienone is 4. The summed E-state index contributed by atoms with van der Waals surface area (Å²) in [6.07, 6.45) is 1.18. The molecule has 0 aromatic rings. The van der Waals surface area contributed by atoms with Crippen LogP contribution in [0.2, 0.25) is 0 Å². The molecule has 0 amide bonds. The minimum Gasteiger partial charge on any atom is -0.295 e. The molecule has 0 spiro atoms. The molecule has 0 saturated heterocycles. The highest BCUT2D eigenvalue weighted by molar-refractivity contribution is 5.96. The molecule has 0 radical (unpaired) electrons. The fourth-order valence-electron chi connectivity index (χ4n) is 0.600. The smallest absolute Gasteiger partial charge is 0.159 e. The topological polar surface area (TPSA) is 17.1 Å². The van der Waals surface area contributed by atoms with Gasteiger partial charge in [0.05, 0.1) is 0 Å². The van der Waals surface area contributed by atoms with E-state index in [9.17, 15) is 9.18 Å². The van der Waals surface area contributed by atoms with Gasteiger partial charge in [0.25, 0.3) is 0 Å². The Morgan fingerprint density at radius 1 is 1.36 bits per heavy atom. The summed E-state index contributed by atoms with van der Waals surface area (Å²) in [6, 6.07) is 0. The fourth-order valence-corrected chi connectivity index (χ4v) is 0.600. The third kappa shape index (κ3) is 3.50. The predicted molar refractivity (Wildman–Crippen MR) is 43.8 cm³/mol. The lowest BCUT2D eigenvalue weighted by Crippen LogP contribution is -1.95. The van der Waals surface area contributed by atoms with Gasteiger partial charge in [0.2, 0.25) is 0 Å². The lowest BCUT2D eigenvalue weighted by Gasteiger charge is -1.98. The Bertz CT molecular complexity index is 236. The van der Waals surface area contributed by atoms with Crippen molar-refractivity contribution in [2.45, 2.75) is 13.8 Å². The van der Waals surface area contributed by atoms with Crippen LogP contribution < -0.4 is 0 Å². The van der Waals surface area contributed by atoms with Crippen LogP contribution in [-0.4, -0.2) is 5.78 Å². The average Bonchev–Trinajstić information content (AvgIpc) is 1.84. The van der Waals surface area contributed by atoms with Gasteiger partial charge in [0.15, 0.2) is 5.78 Å². The molecule has 0 aliphatic heterocycles. The minimum atomic E-state index is -0.565. The number of carbonyl (C=O) groups excluding carboxylic acids is 1. The first-order valence-corrected chi connectivity index (χ1v) is 3.18. The lowest BCUT2D eigenvalue weighted by molar-refractivity contribution is -0.113. The molecule has 0 bridgehead atoms. The van der Waals surface area contributed by atoms with E-state index < -0.39 is 5.83 Å². The number of hydrogen-bond donors (Lipinski definition) is 0. The molecule has 0 atom stereocenters. The standard InChI is InChI=1S/C9H11FO/c1-6(5-7(2)10)8(3)9(4)11/h5H,2-3H2,1,4H3/b6-5+. The Kier molecular flexibility index (Phi) is 3.45. The lowest BCUT2D eigenvalue weighted by atomic mass is 10.1. The first-order chi connectivity index (χ1) is 4.95. The van der Waals surface area contributed by atoms with Crippen LogP contribution in [-0.2, 0) is 4.79 Å². The van der Waals surface area contributed by atoms with Crippen LogP contribution in [0.1, 0.15) is 13.8 Å². The highest BCUT2D eigenvalue weighted by Crippen LogP contribution is 2.10. The van der Waals surface area contributed by atoms with Gasteiger partial charge in [-0.1, -0.05) is 13.2 Å². The Hall–Kier alpha value is -1.18. The highest BCUT2D eigenvalue weighted by Gasteiger charge is 2.01. The molecule has 0 aromatic carbocycles. The molecule has 0 aromatic heterocycles. The predicted octanol–water partition coefficient (Wildman–Crippen LogP) is 2.56. The Morgan fingerprint density at radius 2 is 1.82 bits per heavy atom. The van der Waals surface area contributed by atoms with Gasteiger partial charge in [0.1, 0.15) is 5.83 Å². The van der Waals surface area contributed by atoms with Gasteiger partial charge in [-0.15, -0.1) is 0 Å². The van der Waals surface area contributed by atoms with Crippen LogP contribution in [0.5, 0.6) is 0 Å². The molecule has 0 aliphatic carbocycles. The minimum absolute atomic E-state index is 0.153. The highest BCUT2D eigenvalue weighted by atomic mass is 19.1. The SMILES string of the molecule is C=C(F)/C=C(\C)C(=C)C(C)=O. The number of hydrogen-bond acceptors (Lipinski definition) is 1. The maximum absolute atomic E-state index is 12.2. The summed E-state index contributed by atoms with van der Waals surface area (Å²) in [5.41, 5.74) is 0.841. The van der Waals surface area contributed by atoms with E-state index in [1.165, 1.54) is 13.0 Å². The second-order valence-electron chi connectivity index (χ2n) is 2.31. The number of carbonyl (C=O) groups is 1. The molecule has 1 nitrogen and oxygen atoms in total. The quantitative estimate of drug-likeness (QED) is 0.451. The first kappa shape index (κ1) is 9.82. The second-order valence-corrected chi connectivity index (χ2v) is 2.31. The van der Waals surface area contributed by atoms with Gasteiger partial charge in [-0.3, -0.25) is 4.79 Å². The normalized spacial score (nSPS) is 11.0. The number of halogens is 1. The summed E-state index contributed by atoms with van der Waals surface area (Å²) in [7, 11) is 0. The molecular weight excluding hydrogens is 143 g/mol. The molecular formula is C9H11FO. The molecule has 2 heteroatoms. The summed E-state index contributed by atoms with van der Waals surface area (Å²) in [6.45, 7) is 9.53. The summed E-state index contributed by atoms with van der Waals surface area (Å²) in [5, 5.41) is 0. The van der Waals surface area contributed by atoms with Crippen molar-refractivity contribution in [2.24, 2.45) is 0 Å². The third-order valence-electron chi connectivity index (χ3n) is 1.27. The van der Waals surface area contributed by atoms with E-state index in [-0.39, 0.29) is 5.78 Å². The van der Waals surface area contributed by atoms with E-state index >= 15 is 0 Å². The van der Waals surface area contributed by atoms with E-state index in [1.807, 2.05) is 0 Å². The molecule has 60 valence electrons. The van der Waals surface area contributed by atoms with Crippen LogP contribution in [0.15, 0.2) is 36.2 Å². The molecule has 11 heavy (non-hydrogen) atoms. The summed E-state index contributed by atoms with van der Waals surface area (Å²) in [4.78, 5) is 10.7. The van der Waals surface area contributed by atoms with Crippen LogP contribution in [0.4, 0.5) is 4.39 Å². The van der Waals surface area contributed by atoms with Gasteiger partial charge < -0.3 is 0 Å². The maximum Gasteiger partial charge on any atom is 0.159 e. The van der Waals surface area contributed by atoms with Crippen LogP contribution >= 0.6 is 0 Å². The molecule has 0 fully saturated rings. The largest absolute Gasteiger partial charge is 0.295 e. The van der Waals surface area contributed by atoms with Crippen molar-refractivity contribution in [2.75, 3.05) is 0 Å². The Balaban J connectivity index is 4.49. The Labute approximate surface area is 65.9 Å². The van der Waals surface area contributed by atoms with E-state index in [4.69, 9.17) is 0 Å². The van der Waals surface area contributed by atoms with Crippen molar-refractivity contribution in [3.8, 4) is 0 Å². The molecule has 0 N–H and O–H groups in total. The van der Waals surface area contributed by atoms with Crippen molar-refractivity contribution in [3.63, 3.8) is 0 Å². The van der Waals surface area contributed by atoms with Gasteiger partial charge in [-0.2, -0.15) is 0 Å². The maximum atomic E-state index is 12.2. The van der Waals surface area contributed by atoms with Crippen LogP contribution in [0, 0.1) is 0 Å². The molecule has 0 aliphatic rings. The van der Waals surface area contributed by atoms with Crippen molar-refractivity contribution < 1.29 is 9.18 Å². The van der Waals surface area contributed by atoms with Crippen molar-refractivity contribution in [1.29, 1.82) is 0 Å². The molecule has 0 saturated carbocycles. The van der Waals surface area contributed by atoms with E-state index in [2.05, 4.69) is 13.2 Å². The van der Waals surface area contributed by atoms with Crippen LogP contribution in [0.3, 0.4) is 0 Å². The molecule has 0 rings (SSSR count). The second kappa shape index (κ2) is 3.86. The summed E-state index contributed by atoms with van der Waals surface area (Å²) in [5.74, 6) is -0.718. The monoisotopic (exact) mass is 154 g/mol. The van der Waals surface area contributed by atoms with Gasteiger partial charge in [0, 0.05) is 5.57 Å². The summed E-state index contributed by atoms with van der Waals surface area (Å²) < 4.78 is 12.2. The fraction of sp³-hybridized carbons (Fsp3) is 0.222.